The number of nitrogens with zero attached hydrogens (tertiary/aromatic N) is 1. The van der Waals surface area contributed by atoms with E-state index in [4.69, 9.17) is 4.74 Å². The molecule has 20 heavy (non-hydrogen) atoms. The van der Waals surface area contributed by atoms with Gasteiger partial charge in [-0.3, -0.25) is 0 Å². The molecule has 0 spiro atoms. The maximum atomic E-state index is 12.2. The van der Waals surface area contributed by atoms with Crippen molar-refractivity contribution < 1.29 is 13.2 Å². The maximum Gasteiger partial charge on any atom is 0.179 e. The number of aromatic nitrogens is 1. The van der Waals surface area contributed by atoms with E-state index >= 15 is 0 Å². The summed E-state index contributed by atoms with van der Waals surface area (Å²) < 4.78 is 30.4. The van der Waals surface area contributed by atoms with Crippen molar-refractivity contribution in [1.29, 1.82) is 0 Å². The number of aryl methyl sites for hydroxylation is 1. The largest absolute Gasteiger partial charge is 0.497 e. The van der Waals surface area contributed by atoms with Crippen molar-refractivity contribution in [2.24, 2.45) is 0 Å². The van der Waals surface area contributed by atoms with Gasteiger partial charge in [0, 0.05) is 16.8 Å². The molecule has 0 saturated carbocycles. The molecule has 0 radical (unpaired) electrons. The fraction of sp³-hybridized carbons (Fsp3) is 0.308. The van der Waals surface area contributed by atoms with Crippen LogP contribution in [0.3, 0.4) is 0 Å². The summed E-state index contributed by atoms with van der Waals surface area (Å²) >= 11 is 3.01. The van der Waals surface area contributed by atoms with Gasteiger partial charge in [0.1, 0.15) is 10.1 Å². The summed E-state index contributed by atoms with van der Waals surface area (Å²) in [5.74, 6) is 1.13. The van der Waals surface area contributed by atoms with Crippen molar-refractivity contribution in [1.82, 2.24) is 4.98 Å². The molecular formula is C13H15NO3S3. The van der Waals surface area contributed by atoms with E-state index in [1.807, 2.05) is 12.3 Å². The number of sulfone groups is 1. The summed E-state index contributed by atoms with van der Waals surface area (Å²) in [6.07, 6.45) is 0. The second-order valence-electron chi connectivity index (χ2n) is 4.10. The topological polar surface area (TPSA) is 56.3 Å². The smallest absolute Gasteiger partial charge is 0.179 e. The summed E-state index contributed by atoms with van der Waals surface area (Å²) in [6, 6.07) is 6.55. The first-order valence-corrected chi connectivity index (χ1v) is 9.45. The first-order chi connectivity index (χ1) is 9.51. The number of hydrogen-bond donors (Lipinski definition) is 0. The third-order valence-corrected chi connectivity index (χ3v) is 6.69. The Kier molecular flexibility index (Phi) is 5.06. The zero-order valence-corrected chi connectivity index (χ0v) is 13.6. The van der Waals surface area contributed by atoms with E-state index in [-0.39, 0.29) is 5.75 Å². The van der Waals surface area contributed by atoms with E-state index in [0.717, 1.165) is 10.0 Å². The molecule has 4 nitrogen and oxygen atoms in total. The number of benzene rings is 1. The highest BCUT2D eigenvalue weighted by molar-refractivity contribution is 8.02. The lowest BCUT2D eigenvalue weighted by Gasteiger charge is -2.05. The van der Waals surface area contributed by atoms with E-state index < -0.39 is 9.84 Å². The van der Waals surface area contributed by atoms with Crippen molar-refractivity contribution in [2.75, 3.05) is 18.6 Å². The molecule has 0 N–H and O–H groups in total. The van der Waals surface area contributed by atoms with Gasteiger partial charge in [-0.25, -0.2) is 13.4 Å². The average Bonchev–Trinajstić information content (AvgIpc) is 2.84. The Hall–Kier alpha value is -1.05. The first-order valence-electron chi connectivity index (χ1n) is 5.93. The van der Waals surface area contributed by atoms with Gasteiger partial charge in [-0.15, -0.1) is 11.3 Å². The summed E-state index contributed by atoms with van der Waals surface area (Å²) in [5.41, 5.74) is 0.966. The number of methoxy groups -OCH3 is 1. The lowest BCUT2D eigenvalue weighted by atomic mass is 10.3. The lowest BCUT2D eigenvalue weighted by molar-refractivity contribution is 0.413. The molecule has 2 rings (SSSR count). The SMILES string of the molecule is COc1cccc(S(=O)(=O)CCSc2nc(C)cs2)c1. The van der Waals surface area contributed by atoms with Gasteiger partial charge < -0.3 is 4.74 Å². The molecule has 7 heteroatoms. The average molecular weight is 329 g/mol. The molecule has 0 saturated heterocycles. The molecule has 0 atom stereocenters. The maximum absolute atomic E-state index is 12.2. The summed E-state index contributed by atoms with van der Waals surface area (Å²) in [6.45, 7) is 1.92. The molecule has 0 aliphatic carbocycles. The van der Waals surface area contributed by atoms with E-state index in [1.165, 1.54) is 30.2 Å². The highest BCUT2D eigenvalue weighted by Gasteiger charge is 2.15. The summed E-state index contributed by atoms with van der Waals surface area (Å²) in [4.78, 5) is 4.60. The van der Waals surface area contributed by atoms with Crippen LogP contribution in [0.1, 0.15) is 5.69 Å². The van der Waals surface area contributed by atoms with E-state index in [2.05, 4.69) is 4.98 Å². The normalized spacial score (nSPS) is 11.5. The van der Waals surface area contributed by atoms with Gasteiger partial charge in [-0.2, -0.15) is 0 Å². The van der Waals surface area contributed by atoms with Gasteiger partial charge in [0.15, 0.2) is 9.84 Å². The minimum atomic E-state index is -3.28. The Morgan fingerprint density at radius 1 is 1.40 bits per heavy atom. The zero-order valence-electron chi connectivity index (χ0n) is 11.2. The number of thiazole rings is 1. The molecule has 0 aliphatic rings. The van der Waals surface area contributed by atoms with Crippen LogP contribution in [0.2, 0.25) is 0 Å². The quantitative estimate of drug-likeness (QED) is 0.763. The Bertz CT molecular complexity index is 680. The third-order valence-electron chi connectivity index (χ3n) is 2.58. The van der Waals surface area contributed by atoms with Crippen LogP contribution in [-0.4, -0.2) is 32.0 Å². The molecule has 0 unspecified atom stereocenters. The van der Waals surface area contributed by atoms with Crippen molar-refractivity contribution in [3.05, 3.63) is 35.3 Å². The highest BCUT2D eigenvalue weighted by atomic mass is 32.2. The van der Waals surface area contributed by atoms with Crippen LogP contribution in [0, 0.1) is 6.92 Å². The molecule has 1 aromatic carbocycles. The van der Waals surface area contributed by atoms with Crippen molar-refractivity contribution in [3.8, 4) is 5.75 Å². The molecular weight excluding hydrogens is 314 g/mol. The van der Waals surface area contributed by atoms with Gasteiger partial charge in [-0.05, 0) is 25.1 Å². The predicted octanol–water partition coefficient (Wildman–Crippen LogP) is 3.03. The second-order valence-corrected chi connectivity index (χ2v) is 8.41. The molecule has 1 heterocycles. The third kappa shape index (κ3) is 3.97. The molecule has 2 aromatic rings. The molecule has 108 valence electrons. The van der Waals surface area contributed by atoms with Crippen LogP contribution in [-0.2, 0) is 9.84 Å². The fourth-order valence-corrected chi connectivity index (χ4v) is 5.15. The second kappa shape index (κ2) is 6.60. The van der Waals surface area contributed by atoms with Crippen LogP contribution in [0.15, 0.2) is 38.9 Å². The zero-order chi connectivity index (χ0) is 14.6. The fourth-order valence-electron chi connectivity index (χ4n) is 1.55. The molecule has 1 aromatic heterocycles. The Balaban J connectivity index is 2.00. The first kappa shape index (κ1) is 15.3. The molecule has 0 amide bonds. The lowest BCUT2D eigenvalue weighted by Crippen LogP contribution is -2.09. The molecule has 0 aliphatic heterocycles. The van der Waals surface area contributed by atoms with E-state index in [0.29, 0.717) is 16.4 Å². The van der Waals surface area contributed by atoms with Gasteiger partial charge >= 0.3 is 0 Å². The minimum absolute atomic E-state index is 0.0868. The van der Waals surface area contributed by atoms with E-state index in [9.17, 15) is 8.42 Å². The number of thioether (sulfide) groups is 1. The number of hydrogen-bond acceptors (Lipinski definition) is 6. The van der Waals surface area contributed by atoms with Crippen molar-refractivity contribution in [3.63, 3.8) is 0 Å². The number of ether oxygens (including phenoxy) is 1. The van der Waals surface area contributed by atoms with Gasteiger partial charge in [0.2, 0.25) is 0 Å². The van der Waals surface area contributed by atoms with Crippen LogP contribution in [0.4, 0.5) is 0 Å². The minimum Gasteiger partial charge on any atom is -0.497 e. The van der Waals surface area contributed by atoms with Gasteiger partial charge in [-0.1, -0.05) is 17.8 Å². The van der Waals surface area contributed by atoms with Crippen molar-refractivity contribution in [2.45, 2.75) is 16.2 Å². The predicted molar refractivity (Wildman–Crippen MR) is 82.6 cm³/mol. The highest BCUT2D eigenvalue weighted by Crippen LogP contribution is 2.24. The Labute approximate surface area is 127 Å². The van der Waals surface area contributed by atoms with E-state index in [1.54, 1.807) is 24.3 Å². The molecule has 0 fully saturated rings. The van der Waals surface area contributed by atoms with Crippen LogP contribution >= 0.6 is 23.1 Å². The standard InChI is InChI=1S/C13H15NO3S3/c1-10-9-19-13(14-10)18-6-7-20(15,16)12-5-3-4-11(8-12)17-2/h3-5,8-9H,6-7H2,1-2H3. The Morgan fingerprint density at radius 2 is 2.20 bits per heavy atom. The monoisotopic (exact) mass is 329 g/mol. The summed E-state index contributed by atoms with van der Waals surface area (Å²) in [5, 5.41) is 1.96. The van der Waals surface area contributed by atoms with Gasteiger partial charge in [0.05, 0.1) is 17.8 Å². The Morgan fingerprint density at radius 3 is 2.85 bits per heavy atom. The van der Waals surface area contributed by atoms with Crippen LogP contribution < -0.4 is 4.74 Å². The summed E-state index contributed by atoms with van der Waals surface area (Å²) in [7, 11) is -1.76. The number of rotatable bonds is 6. The molecule has 0 bridgehead atoms. The van der Waals surface area contributed by atoms with Crippen molar-refractivity contribution >= 4 is 32.9 Å². The van der Waals surface area contributed by atoms with Gasteiger partial charge in [0.25, 0.3) is 0 Å². The van der Waals surface area contributed by atoms with Crippen LogP contribution in [0.25, 0.3) is 0 Å². The van der Waals surface area contributed by atoms with Crippen LogP contribution in [0.5, 0.6) is 5.75 Å².